The molecule has 7 heteroatoms. The number of piperidine rings is 1. The number of pyridine rings is 2. The summed E-state index contributed by atoms with van der Waals surface area (Å²) in [5.74, 6) is 1.62. The Morgan fingerprint density at radius 2 is 1.94 bits per heavy atom. The van der Waals surface area contributed by atoms with Crippen molar-refractivity contribution in [3.63, 3.8) is 0 Å². The Bertz CT molecular complexity index is 1210. The number of methoxy groups -OCH3 is 1. The highest BCUT2D eigenvalue weighted by molar-refractivity contribution is 5.86. The highest BCUT2D eigenvalue weighted by Crippen LogP contribution is 2.30. The van der Waals surface area contributed by atoms with Gasteiger partial charge in [0.1, 0.15) is 35.4 Å². The van der Waals surface area contributed by atoms with Crippen molar-refractivity contribution in [1.29, 1.82) is 0 Å². The molecule has 1 aliphatic heterocycles. The Morgan fingerprint density at radius 1 is 1.06 bits per heavy atom. The van der Waals surface area contributed by atoms with Crippen LogP contribution in [0.5, 0.6) is 11.5 Å². The predicted octanol–water partition coefficient (Wildman–Crippen LogP) is 4.05. The van der Waals surface area contributed by atoms with E-state index in [0.717, 1.165) is 65.4 Å². The molecule has 0 spiro atoms. The van der Waals surface area contributed by atoms with Gasteiger partial charge in [-0.1, -0.05) is 18.2 Å². The van der Waals surface area contributed by atoms with Crippen LogP contribution in [0.4, 0.5) is 0 Å². The second kappa shape index (κ2) is 9.14. The number of benzene rings is 1. The molecule has 3 aromatic heterocycles. The lowest BCUT2D eigenvalue weighted by molar-refractivity contribution is 0.115. The summed E-state index contributed by atoms with van der Waals surface area (Å²) in [4.78, 5) is 11.9. The number of imidazole rings is 1. The summed E-state index contributed by atoms with van der Waals surface area (Å²) in [5, 5.41) is 1.07. The largest absolute Gasteiger partial charge is 0.491 e. The van der Waals surface area contributed by atoms with Crippen molar-refractivity contribution in [2.45, 2.75) is 18.9 Å². The van der Waals surface area contributed by atoms with Crippen molar-refractivity contribution in [1.82, 2.24) is 19.3 Å². The van der Waals surface area contributed by atoms with Gasteiger partial charge in [-0.3, -0.25) is 4.40 Å². The molecule has 0 atom stereocenters. The number of hydrogen-bond acceptors (Lipinski definition) is 6. The molecule has 1 aromatic carbocycles. The number of hydrogen-bond donors (Lipinski definition) is 0. The van der Waals surface area contributed by atoms with Gasteiger partial charge in [0, 0.05) is 37.8 Å². The number of aromatic nitrogens is 3. The molecule has 4 heterocycles. The third-order valence-corrected chi connectivity index (χ3v) is 5.95. The number of nitrogens with zero attached hydrogens (tertiary/aromatic N) is 4. The van der Waals surface area contributed by atoms with Gasteiger partial charge in [-0.25, -0.2) is 9.97 Å². The van der Waals surface area contributed by atoms with Crippen molar-refractivity contribution in [2.24, 2.45) is 0 Å². The van der Waals surface area contributed by atoms with E-state index < -0.39 is 0 Å². The molecule has 1 saturated heterocycles. The number of likely N-dealkylation sites (tertiary alicyclic amines) is 1. The number of para-hydroxylation sites is 1. The first kappa shape index (κ1) is 20.7. The van der Waals surface area contributed by atoms with Crippen LogP contribution in [0.15, 0.2) is 54.9 Å². The summed E-state index contributed by atoms with van der Waals surface area (Å²) in [6.07, 6.45) is 6.12. The van der Waals surface area contributed by atoms with Crippen LogP contribution in [0.25, 0.3) is 27.9 Å². The molecule has 1 aliphatic rings. The van der Waals surface area contributed by atoms with Gasteiger partial charge < -0.3 is 19.1 Å². The number of rotatable bonds is 7. The lowest BCUT2D eigenvalue weighted by Crippen LogP contribution is -2.35. The van der Waals surface area contributed by atoms with Crippen LogP contribution in [0.2, 0.25) is 0 Å². The minimum Gasteiger partial charge on any atom is -0.491 e. The third-order valence-electron chi connectivity index (χ3n) is 5.95. The van der Waals surface area contributed by atoms with E-state index in [1.165, 1.54) is 0 Å². The van der Waals surface area contributed by atoms with Crippen LogP contribution in [0.1, 0.15) is 12.8 Å². The second-order valence-corrected chi connectivity index (χ2v) is 8.22. The van der Waals surface area contributed by atoms with Crippen LogP contribution >= 0.6 is 0 Å². The van der Waals surface area contributed by atoms with Crippen LogP contribution < -0.4 is 9.47 Å². The van der Waals surface area contributed by atoms with Crippen LogP contribution in [0, 0.1) is 0 Å². The van der Waals surface area contributed by atoms with Crippen molar-refractivity contribution < 1.29 is 14.2 Å². The van der Waals surface area contributed by atoms with E-state index in [2.05, 4.69) is 29.1 Å². The molecule has 0 aliphatic carbocycles. The zero-order valence-electron chi connectivity index (χ0n) is 18.5. The van der Waals surface area contributed by atoms with E-state index in [4.69, 9.17) is 19.2 Å². The molecule has 166 valence electrons. The average Bonchev–Trinajstić information content (AvgIpc) is 3.24. The van der Waals surface area contributed by atoms with E-state index in [0.29, 0.717) is 13.2 Å². The molecule has 1 fully saturated rings. The first-order chi connectivity index (χ1) is 15.7. The zero-order chi connectivity index (χ0) is 21.9. The minimum absolute atomic E-state index is 0.231. The molecule has 32 heavy (non-hydrogen) atoms. The molecular weight excluding hydrogens is 404 g/mol. The van der Waals surface area contributed by atoms with Crippen molar-refractivity contribution in [2.75, 3.05) is 40.5 Å². The molecule has 0 radical (unpaired) electrons. The molecule has 0 unspecified atom stereocenters. The first-order valence-corrected chi connectivity index (χ1v) is 11.1. The molecule has 0 amide bonds. The van der Waals surface area contributed by atoms with Gasteiger partial charge in [0.25, 0.3) is 0 Å². The Morgan fingerprint density at radius 3 is 2.78 bits per heavy atom. The van der Waals surface area contributed by atoms with E-state index in [1.54, 1.807) is 7.11 Å². The lowest BCUT2D eigenvalue weighted by atomic mass is 10.1. The SMILES string of the molecule is COCCOc1ccn2c(-c3ccc4cccc(OC5CCN(C)CC5)c4n3)cnc2c1. The molecule has 0 N–H and O–H groups in total. The average molecular weight is 433 g/mol. The summed E-state index contributed by atoms with van der Waals surface area (Å²) in [5.41, 5.74) is 3.49. The fourth-order valence-corrected chi connectivity index (χ4v) is 4.12. The third kappa shape index (κ3) is 4.26. The smallest absolute Gasteiger partial charge is 0.145 e. The maximum absolute atomic E-state index is 6.40. The monoisotopic (exact) mass is 432 g/mol. The van der Waals surface area contributed by atoms with Gasteiger partial charge in [-0.05, 0) is 38.1 Å². The molecule has 0 saturated carbocycles. The van der Waals surface area contributed by atoms with E-state index in [-0.39, 0.29) is 6.10 Å². The lowest BCUT2D eigenvalue weighted by Gasteiger charge is -2.29. The highest BCUT2D eigenvalue weighted by atomic mass is 16.5. The van der Waals surface area contributed by atoms with Gasteiger partial charge in [-0.2, -0.15) is 0 Å². The molecular formula is C25H28N4O3. The summed E-state index contributed by atoms with van der Waals surface area (Å²) >= 11 is 0. The summed E-state index contributed by atoms with van der Waals surface area (Å²) in [6, 6.07) is 14.1. The van der Waals surface area contributed by atoms with E-state index >= 15 is 0 Å². The van der Waals surface area contributed by atoms with Crippen molar-refractivity contribution in [3.8, 4) is 22.9 Å². The number of ether oxygens (including phenoxy) is 3. The van der Waals surface area contributed by atoms with E-state index in [1.807, 2.05) is 47.1 Å². The minimum atomic E-state index is 0.231. The number of fused-ring (bicyclic) bond motifs is 2. The molecule has 7 nitrogen and oxygen atoms in total. The zero-order valence-corrected chi connectivity index (χ0v) is 18.5. The van der Waals surface area contributed by atoms with Gasteiger partial charge in [-0.15, -0.1) is 0 Å². The van der Waals surface area contributed by atoms with Crippen molar-refractivity contribution >= 4 is 16.6 Å². The second-order valence-electron chi connectivity index (χ2n) is 8.22. The normalized spacial score (nSPS) is 15.4. The van der Waals surface area contributed by atoms with Crippen molar-refractivity contribution in [3.05, 3.63) is 54.9 Å². The summed E-state index contributed by atoms with van der Waals surface area (Å²) in [7, 11) is 3.82. The maximum atomic E-state index is 6.40. The van der Waals surface area contributed by atoms with Crippen LogP contribution in [0.3, 0.4) is 0 Å². The quantitative estimate of drug-likeness (QED) is 0.411. The standard InChI is InChI=1S/C25H28N4O3/c1-28-11-8-19(9-12-28)32-23-5-3-4-18-6-7-21(27-25(18)23)22-17-26-24-16-20(10-13-29(22)24)31-15-14-30-2/h3-7,10,13,16-17,19H,8-9,11-12,14-15H2,1-2H3. The fourth-order valence-electron chi connectivity index (χ4n) is 4.12. The van der Waals surface area contributed by atoms with Gasteiger partial charge >= 0.3 is 0 Å². The Hall–Kier alpha value is -3.16. The van der Waals surface area contributed by atoms with Gasteiger partial charge in [0.05, 0.1) is 24.2 Å². The Balaban J connectivity index is 1.44. The molecule has 0 bridgehead atoms. The maximum Gasteiger partial charge on any atom is 0.145 e. The highest BCUT2D eigenvalue weighted by Gasteiger charge is 2.19. The van der Waals surface area contributed by atoms with Gasteiger partial charge in [0.2, 0.25) is 0 Å². The molecule has 5 rings (SSSR count). The fraction of sp³-hybridized carbons (Fsp3) is 0.360. The van der Waals surface area contributed by atoms with E-state index in [9.17, 15) is 0 Å². The van der Waals surface area contributed by atoms with Crippen LogP contribution in [-0.2, 0) is 4.74 Å². The van der Waals surface area contributed by atoms with Gasteiger partial charge in [0.15, 0.2) is 0 Å². The Kier molecular flexibility index (Phi) is 5.92. The van der Waals surface area contributed by atoms with Crippen LogP contribution in [-0.4, -0.2) is 65.8 Å². The first-order valence-electron chi connectivity index (χ1n) is 11.1. The predicted molar refractivity (Wildman–Crippen MR) is 124 cm³/mol. The topological polar surface area (TPSA) is 61.1 Å². The summed E-state index contributed by atoms with van der Waals surface area (Å²) in [6.45, 7) is 3.18. The molecule has 4 aromatic rings. The Labute approximate surface area is 187 Å². The summed E-state index contributed by atoms with van der Waals surface area (Å²) < 4.78 is 19.2.